The lowest BCUT2D eigenvalue weighted by molar-refractivity contribution is -0.143. The number of carbonyl (C=O) groups excluding carboxylic acids is 5. The quantitative estimate of drug-likeness (QED) is 0.0292. The summed E-state index contributed by atoms with van der Waals surface area (Å²) in [6.07, 6.45) is 1.79. The number of anilines is 1. The van der Waals surface area contributed by atoms with E-state index < -0.39 is 58.7 Å². The Bertz CT molecular complexity index is 2390. The average Bonchev–Trinajstić information content (AvgIpc) is 3.96. The van der Waals surface area contributed by atoms with Gasteiger partial charge in [-0.3, -0.25) is 28.5 Å². The Balaban J connectivity index is 0.995. The number of amides is 4. The maximum Gasteiger partial charge on any atom is 0.320 e. The van der Waals surface area contributed by atoms with Gasteiger partial charge in [0, 0.05) is 44.1 Å². The molecule has 1 fully saturated rings. The Morgan fingerprint density at radius 3 is 2.29 bits per heavy atom. The zero-order valence-corrected chi connectivity index (χ0v) is 39.5. The summed E-state index contributed by atoms with van der Waals surface area (Å²) in [6, 6.07) is 8.68. The summed E-state index contributed by atoms with van der Waals surface area (Å²) in [6.45, 7) is 9.65. The maximum absolute atomic E-state index is 13.9. The summed E-state index contributed by atoms with van der Waals surface area (Å²) in [4.78, 5) is 76.7. The minimum atomic E-state index is -1.25. The van der Waals surface area contributed by atoms with Crippen LogP contribution < -0.4 is 37.5 Å². The molecule has 22 heteroatoms. The molecule has 20 nitrogen and oxygen atoms in total. The van der Waals surface area contributed by atoms with Gasteiger partial charge in [0.2, 0.25) is 17.7 Å². The number of nitrogens with zero attached hydrogens (tertiary/aromatic N) is 4. The van der Waals surface area contributed by atoms with E-state index in [9.17, 15) is 37.9 Å². The van der Waals surface area contributed by atoms with E-state index in [1.807, 2.05) is 20.8 Å². The van der Waals surface area contributed by atoms with Gasteiger partial charge in [-0.15, -0.1) is 0 Å². The average molecular weight is 967 g/mol. The maximum atomic E-state index is 13.9. The molecule has 9 N–H and O–H groups in total. The Hall–Kier alpha value is -6.52. The number of nitrogens with two attached hydrogens (primary N) is 2. The number of halogens is 2. The molecule has 0 aliphatic heterocycles. The van der Waals surface area contributed by atoms with E-state index in [0.29, 0.717) is 23.4 Å². The highest BCUT2D eigenvalue weighted by Gasteiger charge is 2.60. The van der Waals surface area contributed by atoms with Crippen molar-refractivity contribution in [2.75, 3.05) is 65.0 Å². The number of aromatic hydroxyl groups is 1. The van der Waals surface area contributed by atoms with Crippen LogP contribution in [0.4, 0.5) is 14.6 Å². The highest BCUT2D eigenvalue weighted by molar-refractivity contribution is 5.94. The van der Waals surface area contributed by atoms with E-state index in [2.05, 4.69) is 36.2 Å². The van der Waals surface area contributed by atoms with E-state index in [0.717, 1.165) is 30.5 Å². The number of nitrogens with one attached hydrogen (secondary N) is 4. The number of aromatic nitrogens is 4. The molecule has 5 rings (SSSR count). The second-order valence-electron chi connectivity index (χ2n) is 17.1. The van der Waals surface area contributed by atoms with Gasteiger partial charge in [0.1, 0.15) is 0 Å². The number of ether oxygens (including phenoxy) is 4. The second-order valence-corrected chi connectivity index (χ2v) is 17.1. The van der Waals surface area contributed by atoms with Crippen molar-refractivity contribution in [3.05, 3.63) is 70.8 Å². The van der Waals surface area contributed by atoms with E-state index in [-0.39, 0.29) is 120 Å². The highest BCUT2D eigenvalue weighted by atomic mass is 19.2. The van der Waals surface area contributed by atoms with Gasteiger partial charge in [0.05, 0.1) is 57.6 Å². The third-order valence-electron chi connectivity index (χ3n) is 11.7. The monoisotopic (exact) mass is 966 g/mol. The molecule has 4 amide bonds. The van der Waals surface area contributed by atoms with Crippen LogP contribution in [0.1, 0.15) is 93.6 Å². The summed E-state index contributed by atoms with van der Waals surface area (Å²) in [5.41, 5.74) is 12.7. The molecule has 69 heavy (non-hydrogen) atoms. The first-order chi connectivity index (χ1) is 33.1. The zero-order valence-electron chi connectivity index (χ0n) is 39.5. The van der Waals surface area contributed by atoms with Crippen molar-refractivity contribution in [1.29, 1.82) is 0 Å². The van der Waals surface area contributed by atoms with Gasteiger partial charge < -0.3 is 56.8 Å². The smallest absolute Gasteiger partial charge is 0.320 e. The fourth-order valence-corrected chi connectivity index (χ4v) is 7.60. The number of esters is 1. The number of benzene rings is 2. The highest BCUT2D eigenvalue weighted by Crippen LogP contribution is 2.61. The lowest BCUT2D eigenvalue weighted by Gasteiger charge is -2.27. The third-order valence-corrected chi connectivity index (χ3v) is 11.7. The van der Waals surface area contributed by atoms with Crippen LogP contribution >= 0.6 is 0 Å². The molecule has 2 aromatic carbocycles. The van der Waals surface area contributed by atoms with Gasteiger partial charge in [-0.1, -0.05) is 45.4 Å². The Kier molecular flexibility index (Phi) is 19.9. The normalized spacial score (nSPS) is 16.2. The SMILES string of the molecule is CCCCOc1nc(N)c2nc(O)n(Cc3ccc(C(=O)NCCOCCOCCNC(=O)[C@@H](CCC(=O)OCC)NC[C@@H](NC(=O)CC4(C(N)=O)CC4c4ccc(F)c(F)c4)C(C)C)cc3)c2n1. The molecule has 0 bridgehead atoms. The minimum absolute atomic E-state index is 0.0363. The molecular formula is C47H64F2N10O10. The molecular weight excluding hydrogens is 903 g/mol. The second kappa shape index (κ2) is 25.7. The molecule has 1 aliphatic carbocycles. The Morgan fingerprint density at radius 1 is 0.928 bits per heavy atom. The molecule has 0 saturated heterocycles. The molecule has 4 aromatic rings. The summed E-state index contributed by atoms with van der Waals surface area (Å²) >= 11 is 0. The topological polar surface area (TPSA) is 286 Å². The lowest BCUT2D eigenvalue weighted by atomic mass is 9.93. The number of unbranched alkanes of at least 4 members (excludes halogenated alkanes) is 1. The predicted octanol–water partition coefficient (Wildman–Crippen LogP) is 2.99. The van der Waals surface area contributed by atoms with E-state index in [1.165, 1.54) is 10.6 Å². The van der Waals surface area contributed by atoms with Crippen molar-refractivity contribution in [2.45, 2.75) is 90.8 Å². The van der Waals surface area contributed by atoms with Gasteiger partial charge in [0.15, 0.2) is 28.6 Å². The Morgan fingerprint density at radius 2 is 1.64 bits per heavy atom. The van der Waals surface area contributed by atoms with Crippen molar-refractivity contribution in [3.8, 4) is 12.0 Å². The number of nitrogen functional groups attached to an aromatic ring is 1. The van der Waals surface area contributed by atoms with Crippen LogP contribution in [-0.2, 0) is 39.9 Å². The van der Waals surface area contributed by atoms with E-state index in [4.69, 9.17) is 30.4 Å². The van der Waals surface area contributed by atoms with Crippen LogP contribution in [0.25, 0.3) is 11.2 Å². The predicted molar refractivity (Wildman–Crippen MR) is 249 cm³/mol. The molecule has 0 spiro atoms. The molecule has 2 unspecified atom stereocenters. The van der Waals surface area contributed by atoms with Crippen LogP contribution in [0.2, 0.25) is 0 Å². The molecule has 0 radical (unpaired) electrons. The number of hydrogen-bond acceptors (Lipinski definition) is 15. The first-order valence-corrected chi connectivity index (χ1v) is 23.2. The molecule has 2 heterocycles. The number of fused-ring (bicyclic) bond motifs is 1. The number of carbonyl (C=O) groups is 5. The van der Waals surface area contributed by atoms with Crippen LogP contribution in [0.15, 0.2) is 42.5 Å². The third kappa shape index (κ3) is 15.2. The largest absolute Gasteiger partial charge is 0.480 e. The molecule has 1 saturated carbocycles. The summed E-state index contributed by atoms with van der Waals surface area (Å²) < 4.78 is 50.8. The first kappa shape index (κ1) is 53.4. The Labute approximate surface area is 399 Å². The van der Waals surface area contributed by atoms with Crippen molar-refractivity contribution in [2.24, 2.45) is 17.1 Å². The minimum Gasteiger partial charge on any atom is -0.480 e. The summed E-state index contributed by atoms with van der Waals surface area (Å²) in [5.74, 6) is -4.99. The van der Waals surface area contributed by atoms with Gasteiger partial charge >= 0.3 is 12.0 Å². The van der Waals surface area contributed by atoms with Crippen molar-refractivity contribution >= 4 is 46.6 Å². The van der Waals surface area contributed by atoms with Crippen LogP contribution in [-0.4, -0.2) is 126 Å². The fourth-order valence-electron chi connectivity index (χ4n) is 7.60. The van der Waals surface area contributed by atoms with Gasteiger partial charge in [-0.2, -0.15) is 15.0 Å². The number of hydrogen-bond donors (Lipinski definition) is 7. The van der Waals surface area contributed by atoms with Crippen molar-refractivity contribution in [1.82, 2.24) is 40.8 Å². The van der Waals surface area contributed by atoms with E-state index >= 15 is 0 Å². The summed E-state index contributed by atoms with van der Waals surface area (Å²) in [7, 11) is 0. The van der Waals surface area contributed by atoms with Crippen LogP contribution in [0, 0.1) is 23.0 Å². The first-order valence-electron chi connectivity index (χ1n) is 23.2. The molecule has 376 valence electrons. The van der Waals surface area contributed by atoms with Gasteiger partial charge in [-0.25, -0.2) is 8.78 Å². The lowest BCUT2D eigenvalue weighted by Crippen LogP contribution is -2.52. The number of imidazole rings is 1. The number of primary amides is 1. The van der Waals surface area contributed by atoms with E-state index in [1.54, 1.807) is 31.2 Å². The molecule has 4 atom stereocenters. The summed E-state index contributed by atoms with van der Waals surface area (Å²) in [5, 5.41) is 22.2. The molecule has 1 aliphatic rings. The number of rotatable bonds is 30. The van der Waals surface area contributed by atoms with Gasteiger partial charge in [-0.05, 0) is 73.4 Å². The van der Waals surface area contributed by atoms with Crippen molar-refractivity contribution in [3.63, 3.8) is 0 Å². The standard InChI is InChI=1S/C47H64F2N10O10/c1-5-7-18-69-45-57-40(50)39-41(58-45)59(46(65)56-39)27-29-8-10-30(11-9-29)42(62)52-16-19-66-21-22-67-20-17-53-43(63)35(14-15-38(61)68-6-2)54-26-36(28(3)4)55-37(60)25-47(44(51)64)24-32(47)31-12-13-33(48)34(49)23-31/h8-13,23,28,32,35-36,54H,5-7,14-22,24-27H2,1-4H3,(H2,51,64)(H,52,62)(H,53,63)(H,55,60)(H,56,65)(H2,50,57,58)/t32?,35-,36-,47?/m1/s1. The fraction of sp³-hybridized carbons (Fsp3) is 0.532. The van der Waals surface area contributed by atoms with Crippen molar-refractivity contribution < 1.29 is 56.8 Å². The van der Waals surface area contributed by atoms with Gasteiger partial charge in [0.25, 0.3) is 11.9 Å². The van der Waals surface area contributed by atoms with Crippen LogP contribution in [0.5, 0.6) is 12.0 Å². The zero-order chi connectivity index (χ0) is 50.1. The van der Waals surface area contributed by atoms with Crippen LogP contribution in [0.3, 0.4) is 0 Å². The molecule has 2 aromatic heterocycles.